The first-order valence-electron chi connectivity index (χ1n) is 7.99. The van der Waals surface area contributed by atoms with E-state index in [0.29, 0.717) is 17.8 Å². The topological polar surface area (TPSA) is 52.7 Å². The fourth-order valence-electron chi connectivity index (χ4n) is 2.93. The summed E-state index contributed by atoms with van der Waals surface area (Å²) in [5, 5.41) is 2.88. The highest BCUT2D eigenvalue weighted by molar-refractivity contribution is 5.98. The molecule has 2 aromatic carbocycles. The van der Waals surface area contributed by atoms with E-state index in [-0.39, 0.29) is 11.8 Å². The minimum Gasteiger partial charge on any atom is -0.362 e. The van der Waals surface area contributed by atoms with Crippen molar-refractivity contribution in [3.63, 3.8) is 0 Å². The molecule has 124 valence electrons. The van der Waals surface area contributed by atoms with E-state index in [4.69, 9.17) is 0 Å². The molecule has 24 heavy (non-hydrogen) atoms. The highest BCUT2D eigenvalue weighted by Crippen LogP contribution is 2.27. The zero-order chi connectivity index (χ0) is 17.1. The quantitative estimate of drug-likeness (QED) is 0.940. The van der Waals surface area contributed by atoms with E-state index in [2.05, 4.69) is 16.3 Å². The van der Waals surface area contributed by atoms with Crippen LogP contribution in [0.5, 0.6) is 0 Å². The van der Waals surface area contributed by atoms with E-state index in [1.54, 1.807) is 38.4 Å². The maximum Gasteiger partial charge on any atom is 0.253 e. The summed E-state index contributed by atoms with van der Waals surface area (Å²) in [5.41, 5.74) is 3.61. The highest BCUT2D eigenvalue weighted by atomic mass is 16.2. The lowest BCUT2D eigenvalue weighted by Crippen LogP contribution is -2.32. The Morgan fingerprint density at radius 1 is 1.12 bits per heavy atom. The molecule has 1 aliphatic heterocycles. The monoisotopic (exact) mass is 323 g/mol. The second-order valence-corrected chi connectivity index (χ2v) is 6.13. The molecular formula is C19H21N3O2. The summed E-state index contributed by atoms with van der Waals surface area (Å²) in [5.74, 6) is -0.166. The number of hydrogen-bond acceptors (Lipinski definition) is 3. The number of benzene rings is 2. The molecule has 0 bridgehead atoms. The maximum atomic E-state index is 12.3. The minimum atomic E-state index is -0.0837. The van der Waals surface area contributed by atoms with Gasteiger partial charge < -0.3 is 15.1 Å². The first-order valence-corrected chi connectivity index (χ1v) is 7.99. The molecule has 0 aliphatic carbocycles. The van der Waals surface area contributed by atoms with Crippen LogP contribution in [0.15, 0.2) is 48.5 Å². The van der Waals surface area contributed by atoms with Crippen LogP contribution < -0.4 is 10.2 Å². The lowest BCUT2D eigenvalue weighted by Gasteiger charge is -2.19. The van der Waals surface area contributed by atoms with Gasteiger partial charge in [0.05, 0.1) is 6.54 Å². The van der Waals surface area contributed by atoms with Crippen molar-refractivity contribution < 1.29 is 9.59 Å². The van der Waals surface area contributed by atoms with E-state index in [1.807, 2.05) is 18.2 Å². The van der Waals surface area contributed by atoms with Crippen molar-refractivity contribution in [2.45, 2.75) is 6.42 Å². The number of hydrogen-bond donors (Lipinski definition) is 1. The average Bonchev–Trinajstić information content (AvgIpc) is 2.97. The van der Waals surface area contributed by atoms with Crippen LogP contribution in [0, 0.1) is 0 Å². The number of carbonyl (C=O) groups excluding carboxylic acids is 2. The predicted molar refractivity (Wildman–Crippen MR) is 95.4 cm³/mol. The van der Waals surface area contributed by atoms with Gasteiger partial charge in [-0.25, -0.2) is 0 Å². The van der Waals surface area contributed by atoms with Gasteiger partial charge in [-0.3, -0.25) is 9.59 Å². The van der Waals surface area contributed by atoms with Crippen LogP contribution in [-0.4, -0.2) is 43.9 Å². The van der Waals surface area contributed by atoms with E-state index in [9.17, 15) is 9.59 Å². The van der Waals surface area contributed by atoms with Gasteiger partial charge in [-0.1, -0.05) is 24.3 Å². The molecular weight excluding hydrogens is 302 g/mol. The van der Waals surface area contributed by atoms with E-state index in [1.165, 1.54) is 10.5 Å². The Hall–Kier alpha value is -2.82. The standard InChI is InChI=1S/C19H21N3O2/c1-21(2)19(24)15-7-5-8-16(12-15)20-18(23)13-22-11-10-14-6-3-4-9-17(14)22/h3-9,12H,10-11,13H2,1-2H3,(H,20,23). The first kappa shape index (κ1) is 16.1. The van der Waals surface area contributed by atoms with E-state index >= 15 is 0 Å². The number of nitrogens with zero attached hydrogens (tertiary/aromatic N) is 2. The normalized spacial score (nSPS) is 12.7. The number of carbonyl (C=O) groups is 2. The lowest BCUT2D eigenvalue weighted by atomic mass is 10.2. The molecule has 0 fully saturated rings. The van der Waals surface area contributed by atoms with Gasteiger partial charge in [-0.15, -0.1) is 0 Å². The second-order valence-electron chi connectivity index (χ2n) is 6.13. The molecule has 0 aromatic heterocycles. The smallest absolute Gasteiger partial charge is 0.253 e. The molecule has 0 unspecified atom stereocenters. The van der Waals surface area contributed by atoms with Gasteiger partial charge in [0.2, 0.25) is 5.91 Å². The van der Waals surface area contributed by atoms with Crippen LogP contribution in [0.4, 0.5) is 11.4 Å². The zero-order valence-corrected chi connectivity index (χ0v) is 14.0. The Labute approximate surface area is 141 Å². The molecule has 5 nitrogen and oxygen atoms in total. The van der Waals surface area contributed by atoms with Gasteiger partial charge in [-0.2, -0.15) is 0 Å². The number of anilines is 2. The van der Waals surface area contributed by atoms with Crippen LogP contribution in [0.3, 0.4) is 0 Å². The summed E-state index contributed by atoms with van der Waals surface area (Å²) in [6.45, 7) is 1.16. The summed E-state index contributed by atoms with van der Waals surface area (Å²) < 4.78 is 0. The molecule has 0 atom stereocenters. The summed E-state index contributed by atoms with van der Waals surface area (Å²) in [7, 11) is 3.41. The molecule has 1 aliphatic rings. The number of amides is 2. The Balaban J connectivity index is 1.66. The van der Waals surface area contributed by atoms with E-state index in [0.717, 1.165) is 18.7 Å². The molecule has 3 rings (SSSR count). The maximum absolute atomic E-state index is 12.3. The molecule has 2 aromatic rings. The van der Waals surface area contributed by atoms with Gasteiger partial charge in [0.15, 0.2) is 0 Å². The first-order chi connectivity index (χ1) is 11.5. The van der Waals surface area contributed by atoms with Gasteiger partial charge in [0.25, 0.3) is 5.91 Å². The van der Waals surface area contributed by atoms with Gasteiger partial charge >= 0.3 is 0 Å². The van der Waals surface area contributed by atoms with Crippen LogP contribution in [-0.2, 0) is 11.2 Å². The molecule has 0 saturated carbocycles. The highest BCUT2D eigenvalue weighted by Gasteiger charge is 2.20. The third kappa shape index (κ3) is 3.40. The van der Waals surface area contributed by atoms with Crippen LogP contribution in [0.1, 0.15) is 15.9 Å². The summed E-state index contributed by atoms with van der Waals surface area (Å²) in [4.78, 5) is 27.9. The van der Waals surface area contributed by atoms with Gasteiger partial charge in [-0.05, 0) is 36.2 Å². The largest absolute Gasteiger partial charge is 0.362 e. The van der Waals surface area contributed by atoms with E-state index < -0.39 is 0 Å². The van der Waals surface area contributed by atoms with Crippen molar-refractivity contribution >= 4 is 23.2 Å². The molecule has 2 amide bonds. The van der Waals surface area contributed by atoms with Gasteiger partial charge in [0.1, 0.15) is 0 Å². The predicted octanol–water partition coefficient (Wildman–Crippen LogP) is 2.39. The molecule has 0 spiro atoms. The van der Waals surface area contributed by atoms with Crippen molar-refractivity contribution in [1.29, 1.82) is 0 Å². The molecule has 0 radical (unpaired) electrons. The third-order valence-corrected chi connectivity index (χ3v) is 4.12. The number of para-hydroxylation sites is 1. The molecule has 0 saturated heterocycles. The Morgan fingerprint density at radius 2 is 1.92 bits per heavy atom. The summed E-state index contributed by atoms with van der Waals surface area (Å²) in [6, 6.07) is 15.2. The number of nitrogens with one attached hydrogen (secondary N) is 1. The third-order valence-electron chi connectivity index (χ3n) is 4.12. The zero-order valence-electron chi connectivity index (χ0n) is 14.0. The molecule has 5 heteroatoms. The lowest BCUT2D eigenvalue weighted by molar-refractivity contribution is -0.115. The number of fused-ring (bicyclic) bond motifs is 1. The van der Waals surface area contributed by atoms with Crippen LogP contribution >= 0.6 is 0 Å². The molecule has 1 heterocycles. The van der Waals surface area contributed by atoms with Crippen molar-refractivity contribution in [3.8, 4) is 0 Å². The minimum absolute atomic E-state index is 0.0823. The Bertz CT molecular complexity index is 771. The number of rotatable bonds is 4. The fraction of sp³-hybridized carbons (Fsp3) is 0.263. The SMILES string of the molecule is CN(C)C(=O)c1cccc(NC(=O)CN2CCc3ccccc32)c1. The Morgan fingerprint density at radius 3 is 2.71 bits per heavy atom. The molecule has 1 N–H and O–H groups in total. The average molecular weight is 323 g/mol. The van der Waals surface area contributed by atoms with Crippen LogP contribution in [0.25, 0.3) is 0 Å². The Kier molecular flexibility index (Phi) is 4.51. The van der Waals surface area contributed by atoms with Crippen molar-refractivity contribution in [1.82, 2.24) is 4.90 Å². The van der Waals surface area contributed by atoms with Crippen LogP contribution in [0.2, 0.25) is 0 Å². The summed E-state index contributed by atoms with van der Waals surface area (Å²) >= 11 is 0. The summed E-state index contributed by atoms with van der Waals surface area (Å²) in [6.07, 6.45) is 0.969. The van der Waals surface area contributed by atoms with Crippen molar-refractivity contribution in [2.24, 2.45) is 0 Å². The fourth-order valence-corrected chi connectivity index (χ4v) is 2.93. The second kappa shape index (κ2) is 6.74. The van der Waals surface area contributed by atoms with Crippen molar-refractivity contribution in [2.75, 3.05) is 37.4 Å². The van der Waals surface area contributed by atoms with Crippen molar-refractivity contribution in [3.05, 3.63) is 59.7 Å². The van der Waals surface area contributed by atoms with Gasteiger partial charge in [0, 0.05) is 37.6 Å².